The van der Waals surface area contributed by atoms with Gasteiger partial charge in [-0.15, -0.1) is 0 Å². The van der Waals surface area contributed by atoms with Crippen molar-refractivity contribution in [1.82, 2.24) is 0 Å². The Labute approximate surface area is 130 Å². The van der Waals surface area contributed by atoms with Crippen molar-refractivity contribution in [3.05, 3.63) is 60.2 Å². The van der Waals surface area contributed by atoms with Crippen molar-refractivity contribution in [2.45, 2.75) is 17.0 Å². The van der Waals surface area contributed by atoms with E-state index in [0.29, 0.717) is 0 Å². The SMILES string of the molecule is CC(Oc1ccccc1)Oc1ccc(C(Br)Br)cc1. The third-order valence-electron chi connectivity index (χ3n) is 2.48. The van der Waals surface area contributed by atoms with E-state index in [2.05, 4.69) is 31.9 Å². The molecule has 2 rings (SSSR count). The minimum atomic E-state index is -0.336. The first-order valence-electron chi connectivity index (χ1n) is 5.91. The lowest BCUT2D eigenvalue weighted by molar-refractivity contribution is 0.0223. The molecule has 0 aliphatic heterocycles. The van der Waals surface area contributed by atoms with Crippen molar-refractivity contribution in [3.63, 3.8) is 0 Å². The van der Waals surface area contributed by atoms with Crippen molar-refractivity contribution in [3.8, 4) is 11.5 Å². The molecule has 0 saturated heterocycles. The van der Waals surface area contributed by atoms with Crippen LogP contribution in [0.1, 0.15) is 16.2 Å². The molecular formula is C15H14Br2O2. The molecule has 2 aromatic carbocycles. The van der Waals surface area contributed by atoms with Gasteiger partial charge in [-0.05, 0) is 29.8 Å². The lowest BCUT2D eigenvalue weighted by Crippen LogP contribution is -2.19. The first-order valence-corrected chi connectivity index (χ1v) is 7.75. The summed E-state index contributed by atoms with van der Waals surface area (Å²) in [6.07, 6.45) is -0.336. The monoisotopic (exact) mass is 384 g/mol. The molecule has 0 N–H and O–H groups in total. The Morgan fingerprint density at radius 2 is 1.32 bits per heavy atom. The summed E-state index contributed by atoms with van der Waals surface area (Å²) in [6, 6.07) is 17.5. The minimum absolute atomic E-state index is 0.159. The summed E-state index contributed by atoms with van der Waals surface area (Å²) in [4.78, 5) is 0. The molecule has 2 nitrogen and oxygen atoms in total. The molecule has 0 aliphatic rings. The van der Waals surface area contributed by atoms with Crippen LogP contribution in [0.4, 0.5) is 0 Å². The summed E-state index contributed by atoms with van der Waals surface area (Å²) in [6.45, 7) is 1.87. The zero-order valence-corrected chi connectivity index (χ0v) is 13.6. The normalized spacial score (nSPS) is 12.2. The van der Waals surface area contributed by atoms with E-state index in [1.807, 2.05) is 61.5 Å². The molecule has 0 fully saturated rings. The van der Waals surface area contributed by atoms with Gasteiger partial charge in [0, 0.05) is 6.92 Å². The number of hydrogen-bond acceptors (Lipinski definition) is 2. The van der Waals surface area contributed by atoms with E-state index in [9.17, 15) is 0 Å². The quantitative estimate of drug-likeness (QED) is 0.515. The Bertz CT molecular complexity index is 497. The fourth-order valence-electron chi connectivity index (χ4n) is 1.60. The molecule has 4 heteroatoms. The maximum atomic E-state index is 5.70. The first kappa shape index (κ1) is 14.4. The highest BCUT2D eigenvalue weighted by molar-refractivity contribution is 9.24. The Morgan fingerprint density at radius 1 is 0.789 bits per heavy atom. The molecule has 2 aromatic rings. The van der Waals surface area contributed by atoms with Gasteiger partial charge < -0.3 is 9.47 Å². The molecule has 19 heavy (non-hydrogen) atoms. The van der Waals surface area contributed by atoms with Crippen LogP contribution in [0, 0.1) is 0 Å². The third-order valence-corrected chi connectivity index (χ3v) is 3.54. The molecule has 0 saturated carbocycles. The maximum absolute atomic E-state index is 5.70. The second-order valence-electron chi connectivity index (χ2n) is 3.99. The van der Waals surface area contributed by atoms with Crippen LogP contribution in [0.5, 0.6) is 11.5 Å². The van der Waals surface area contributed by atoms with Gasteiger partial charge >= 0.3 is 0 Å². The van der Waals surface area contributed by atoms with Crippen LogP contribution in [0.15, 0.2) is 54.6 Å². The van der Waals surface area contributed by atoms with Crippen molar-refractivity contribution in [1.29, 1.82) is 0 Å². The van der Waals surface area contributed by atoms with E-state index in [0.717, 1.165) is 17.1 Å². The summed E-state index contributed by atoms with van der Waals surface area (Å²) < 4.78 is 11.5. The molecule has 0 bridgehead atoms. The van der Waals surface area contributed by atoms with Gasteiger partial charge in [0.15, 0.2) is 0 Å². The average Bonchev–Trinajstić information content (AvgIpc) is 2.40. The lowest BCUT2D eigenvalue weighted by atomic mass is 10.2. The van der Waals surface area contributed by atoms with E-state index >= 15 is 0 Å². The van der Waals surface area contributed by atoms with Crippen molar-refractivity contribution >= 4 is 31.9 Å². The molecule has 0 heterocycles. The number of rotatable bonds is 5. The molecule has 0 spiro atoms. The average molecular weight is 386 g/mol. The Hall–Kier alpha value is -1.000. The number of ether oxygens (including phenoxy) is 2. The van der Waals surface area contributed by atoms with E-state index in [4.69, 9.17) is 9.47 Å². The van der Waals surface area contributed by atoms with Crippen LogP contribution in [-0.4, -0.2) is 6.29 Å². The number of para-hydroxylation sites is 1. The zero-order valence-electron chi connectivity index (χ0n) is 10.4. The highest BCUT2D eigenvalue weighted by Crippen LogP contribution is 2.30. The number of benzene rings is 2. The number of hydrogen-bond donors (Lipinski definition) is 0. The Kier molecular flexibility index (Phi) is 5.28. The van der Waals surface area contributed by atoms with Gasteiger partial charge in [-0.2, -0.15) is 0 Å². The smallest absolute Gasteiger partial charge is 0.238 e. The zero-order chi connectivity index (χ0) is 13.7. The van der Waals surface area contributed by atoms with Crippen LogP contribution in [0.25, 0.3) is 0 Å². The van der Waals surface area contributed by atoms with Crippen molar-refractivity contribution < 1.29 is 9.47 Å². The van der Waals surface area contributed by atoms with Crippen LogP contribution < -0.4 is 9.47 Å². The number of halogens is 2. The highest BCUT2D eigenvalue weighted by atomic mass is 79.9. The van der Waals surface area contributed by atoms with Gasteiger partial charge in [0.2, 0.25) is 6.29 Å². The second kappa shape index (κ2) is 6.96. The molecule has 0 amide bonds. The molecule has 0 aromatic heterocycles. The van der Waals surface area contributed by atoms with E-state index < -0.39 is 0 Å². The molecule has 0 radical (unpaired) electrons. The summed E-state index contributed by atoms with van der Waals surface area (Å²) in [5.41, 5.74) is 1.14. The van der Waals surface area contributed by atoms with E-state index in [-0.39, 0.29) is 10.0 Å². The maximum Gasteiger partial charge on any atom is 0.238 e. The summed E-state index contributed by atoms with van der Waals surface area (Å²) in [5, 5.41) is 0. The standard InChI is InChI=1S/C15H14Br2O2/c1-11(18-13-5-3-2-4-6-13)19-14-9-7-12(8-10-14)15(16)17/h2-11,15H,1H3. The summed E-state index contributed by atoms with van der Waals surface area (Å²) in [5.74, 6) is 1.58. The predicted molar refractivity (Wildman–Crippen MR) is 84.2 cm³/mol. The van der Waals surface area contributed by atoms with Gasteiger partial charge in [0.05, 0.1) is 3.74 Å². The van der Waals surface area contributed by atoms with Gasteiger partial charge in [0.25, 0.3) is 0 Å². The molecular weight excluding hydrogens is 372 g/mol. The van der Waals surface area contributed by atoms with Crippen LogP contribution in [0.3, 0.4) is 0 Å². The van der Waals surface area contributed by atoms with Gasteiger partial charge in [-0.1, -0.05) is 62.2 Å². The molecule has 1 unspecified atom stereocenters. The van der Waals surface area contributed by atoms with Crippen LogP contribution >= 0.6 is 31.9 Å². The lowest BCUT2D eigenvalue weighted by Gasteiger charge is -2.16. The van der Waals surface area contributed by atoms with Gasteiger partial charge in [-0.25, -0.2) is 0 Å². The third kappa shape index (κ3) is 4.55. The highest BCUT2D eigenvalue weighted by Gasteiger charge is 2.07. The summed E-state index contributed by atoms with van der Waals surface area (Å²) in [7, 11) is 0. The number of alkyl halides is 2. The topological polar surface area (TPSA) is 18.5 Å². The largest absolute Gasteiger partial charge is 0.455 e. The molecule has 1 atom stereocenters. The minimum Gasteiger partial charge on any atom is -0.455 e. The van der Waals surface area contributed by atoms with Gasteiger partial charge in [0.1, 0.15) is 11.5 Å². The summed E-state index contributed by atoms with van der Waals surface area (Å²) >= 11 is 6.91. The van der Waals surface area contributed by atoms with Crippen LogP contribution in [0.2, 0.25) is 0 Å². The first-order chi connectivity index (χ1) is 9.15. The van der Waals surface area contributed by atoms with Crippen molar-refractivity contribution in [2.24, 2.45) is 0 Å². The second-order valence-corrected chi connectivity index (χ2v) is 7.05. The predicted octanol–water partition coefficient (Wildman–Crippen LogP) is 5.28. The van der Waals surface area contributed by atoms with Crippen molar-refractivity contribution in [2.75, 3.05) is 0 Å². The Balaban J connectivity index is 1.93. The van der Waals surface area contributed by atoms with Crippen LogP contribution in [-0.2, 0) is 0 Å². The van der Waals surface area contributed by atoms with E-state index in [1.165, 1.54) is 0 Å². The van der Waals surface area contributed by atoms with E-state index in [1.54, 1.807) is 0 Å². The van der Waals surface area contributed by atoms with Gasteiger partial charge in [-0.3, -0.25) is 0 Å². The molecule has 0 aliphatic carbocycles. The molecule has 100 valence electrons. The fourth-order valence-corrected chi connectivity index (χ4v) is 2.21. The Morgan fingerprint density at radius 3 is 1.84 bits per heavy atom. The fraction of sp³-hybridized carbons (Fsp3) is 0.200.